The van der Waals surface area contributed by atoms with Gasteiger partial charge in [0.15, 0.2) is 0 Å². The zero-order valence-electron chi connectivity index (χ0n) is 17.9. The number of benzene rings is 2. The van der Waals surface area contributed by atoms with Gasteiger partial charge in [0, 0.05) is 22.9 Å². The van der Waals surface area contributed by atoms with E-state index in [0.717, 1.165) is 37.7 Å². The topological polar surface area (TPSA) is 83.6 Å². The molecular formula is C26H23FN2O4. The van der Waals surface area contributed by atoms with E-state index in [1.807, 2.05) is 12.1 Å². The van der Waals surface area contributed by atoms with Crippen molar-refractivity contribution in [1.82, 2.24) is 5.16 Å². The molecule has 2 aliphatic rings. The van der Waals surface area contributed by atoms with E-state index in [9.17, 15) is 19.1 Å². The first-order chi connectivity index (χ1) is 16.0. The van der Waals surface area contributed by atoms with E-state index in [1.54, 1.807) is 18.2 Å². The highest BCUT2D eigenvalue weighted by atomic mass is 19.1. The van der Waals surface area contributed by atoms with Gasteiger partial charge >= 0.3 is 0 Å². The molecular weight excluding hydrogens is 423 g/mol. The number of rotatable bonds is 4. The Morgan fingerprint density at radius 2 is 1.67 bits per heavy atom. The maximum atomic E-state index is 13.4. The number of halogens is 1. The SMILES string of the molecule is O=C1C(=O)N(c2ccc(-c3ccon3)cc2)C(C2CCCCC2)C1=C(O)c1ccc(F)cc1. The third-order valence-corrected chi connectivity index (χ3v) is 6.58. The molecule has 2 heterocycles. The van der Waals surface area contributed by atoms with Crippen molar-refractivity contribution in [3.8, 4) is 11.3 Å². The lowest BCUT2D eigenvalue weighted by molar-refractivity contribution is -0.132. The number of aliphatic hydroxyl groups is 1. The Bertz CT molecular complexity index is 1190. The molecule has 1 atom stereocenters. The second kappa shape index (κ2) is 8.65. The molecule has 1 saturated carbocycles. The molecule has 1 amide bonds. The standard InChI is InChI=1S/C26H23FN2O4/c27-19-10-6-18(7-11-19)24(30)22-23(17-4-2-1-3-5-17)29(26(32)25(22)31)20-12-8-16(9-13-20)21-14-15-33-28-21/h6-15,17,23,30H,1-5H2. The first-order valence-electron chi connectivity index (χ1n) is 11.1. The van der Waals surface area contributed by atoms with Crippen molar-refractivity contribution >= 4 is 23.1 Å². The number of carbonyl (C=O) groups excluding carboxylic acids is 2. The van der Waals surface area contributed by atoms with E-state index in [1.165, 1.54) is 35.4 Å². The molecule has 1 aliphatic carbocycles. The summed E-state index contributed by atoms with van der Waals surface area (Å²) in [5, 5.41) is 15.0. The quantitative estimate of drug-likeness (QED) is 0.333. The monoisotopic (exact) mass is 446 g/mol. The fraction of sp³-hybridized carbons (Fsp3) is 0.269. The summed E-state index contributed by atoms with van der Waals surface area (Å²) in [6.45, 7) is 0. The maximum absolute atomic E-state index is 13.4. The number of aliphatic hydroxyl groups excluding tert-OH is 1. The van der Waals surface area contributed by atoms with Gasteiger partial charge in [-0.15, -0.1) is 0 Å². The first kappa shape index (κ1) is 21.1. The van der Waals surface area contributed by atoms with Gasteiger partial charge < -0.3 is 9.63 Å². The number of hydrogen-bond donors (Lipinski definition) is 1. The van der Waals surface area contributed by atoms with Crippen LogP contribution in [0.15, 0.2) is 71.0 Å². The van der Waals surface area contributed by atoms with Crippen LogP contribution in [-0.2, 0) is 9.59 Å². The summed E-state index contributed by atoms with van der Waals surface area (Å²) in [4.78, 5) is 27.9. The molecule has 2 fully saturated rings. The number of anilines is 1. The van der Waals surface area contributed by atoms with Crippen molar-refractivity contribution in [2.24, 2.45) is 5.92 Å². The van der Waals surface area contributed by atoms with Gasteiger partial charge in [0.25, 0.3) is 11.7 Å². The Hall–Kier alpha value is -3.74. The van der Waals surface area contributed by atoms with Crippen LogP contribution in [0.5, 0.6) is 0 Å². The van der Waals surface area contributed by atoms with E-state index >= 15 is 0 Å². The lowest BCUT2D eigenvalue weighted by atomic mass is 9.80. The van der Waals surface area contributed by atoms with Crippen molar-refractivity contribution in [1.29, 1.82) is 0 Å². The van der Waals surface area contributed by atoms with Crippen LogP contribution in [0.1, 0.15) is 37.7 Å². The summed E-state index contributed by atoms with van der Waals surface area (Å²) < 4.78 is 18.3. The van der Waals surface area contributed by atoms with Gasteiger partial charge in [-0.05, 0) is 55.2 Å². The lowest BCUT2D eigenvalue weighted by Crippen LogP contribution is -2.40. The smallest absolute Gasteiger partial charge is 0.299 e. The maximum Gasteiger partial charge on any atom is 0.299 e. The molecule has 1 aliphatic heterocycles. The number of aromatic nitrogens is 1. The average Bonchev–Trinajstić information content (AvgIpc) is 3.47. The minimum absolute atomic E-state index is 0.0435. The minimum Gasteiger partial charge on any atom is -0.507 e. The molecule has 5 rings (SSSR count). The van der Waals surface area contributed by atoms with Crippen LogP contribution in [-0.4, -0.2) is 28.0 Å². The lowest BCUT2D eigenvalue weighted by Gasteiger charge is -2.34. The molecule has 3 aromatic rings. The zero-order valence-corrected chi connectivity index (χ0v) is 17.9. The van der Waals surface area contributed by atoms with E-state index in [-0.39, 0.29) is 17.3 Å². The number of nitrogens with zero attached hydrogens (tertiary/aromatic N) is 2. The molecule has 0 radical (unpaired) electrons. The molecule has 168 valence electrons. The molecule has 6 nitrogen and oxygen atoms in total. The Balaban J connectivity index is 1.59. The number of Topliss-reactive ketones (excluding diaryl/α,β-unsaturated/α-hetero) is 1. The molecule has 1 N–H and O–H groups in total. The number of ketones is 1. The Morgan fingerprint density at radius 1 is 0.970 bits per heavy atom. The summed E-state index contributed by atoms with van der Waals surface area (Å²) in [7, 11) is 0. The number of carbonyl (C=O) groups is 2. The van der Waals surface area contributed by atoms with Crippen molar-refractivity contribution < 1.29 is 23.6 Å². The van der Waals surface area contributed by atoms with Crippen LogP contribution in [0.4, 0.5) is 10.1 Å². The fourth-order valence-corrected chi connectivity index (χ4v) is 4.95. The van der Waals surface area contributed by atoms with Crippen LogP contribution < -0.4 is 4.90 Å². The van der Waals surface area contributed by atoms with Gasteiger partial charge in [-0.1, -0.05) is 36.6 Å². The molecule has 2 aromatic carbocycles. The molecule has 0 bridgehead atoms. The third-order valence-electron chi connectivity index (χ3n) is 6.58. The van der Waals surface area contributed by atoms with Crippen LogP contribution in [0.2, 0.25) is 0 Å². The minimum atomic E-state index is -0.715. The van der Waals surface area contributed by atoms with Gasteiger partial charge in [0.05, 0.1) is 11.6 Å². The van der Waals surface area contributed by atoms with Crippen molar-refractivity contribution in [3.05, 3.63) is 77.8 Å². The van der Waals surface area contributed by atoms with Crippen molar-refractivity contribution in [2.45, 2.75) is 38.1 Å². The second-order valence-electron chi connectivity index (χ2n) is 8.55. The highest BCUT2D eigenvalue weighted by Crippen LogP contribution is 2.41. The van der Waals surface area contributed by atoms with Gasteiger partial charge in [0.2, 0.25) is 0 Å². The predicted molar refractivity (Wildman–Crippen MR) is 121 cm³/mol. The Morgan fingerprint density at radius 3 is 2.30 bits per heavy atom. The Labute approximate surface area is 190 Å². The van der Waals surface area contributed by atoms with Gasteiger partial charge in [-0.25, -0.2) is 4.39 Å². The normalized spacial score (nSPS) is 21.0. The third kappa shape index (κ3) is 3.84. The van der Waals surface area contributed by atoms with E-state index in [2.05, 4.69) is 5.16 Å². The molecule has 33 heavy (non-hydrogen) atoms. The summed E-state index contributed by atoms with van der Waals surface area (Å²) >= 11 is 0. The van der Waals surface area contributed by atoms with E-state index in [4.69, 9.17) is 4.52 Å². The van der Waals surface area contributed by atoms with Gasteiger partial charge in [-0.2, -0.15) is 0 Å². The summed E-state index contributed by atoms with van der Waals surface area (Å²) in [5.41, 5.74) is 2.49. The largest absolute Gasteiger partial charge is 0.507 e. The highest BCUT2D eigenvalue weighted by molar-refractivity contribution is 6.51. The van der Waals surface area contributed by atoms with Crippen molar-refractivity contribution in [2.75, 3.05) is 4.90 Å². The zero-order chi connectivity index (χ0) is 22.9. The van der Waals surface area contributed by atoms with Crippen LogP contribution >= 0.6 is 0 Å². The molecule has 0 spiro atoms. The molecule has 1 unspecified atom stereocenters. The second-order valence-corrected chi connectivity index (χ2v) is 8.55. The van der Waals surface area contributed by atoms with Crippen LogP contribution in [0.25, 0.3) is 17.0 Å². The summed E-state index contributed by atoms with van der Waals surface area (Å²) in [5.74, 6) is -2.04. The van der Waals surface area contributed by atoms with Crippen LogP contribution in [0, 0.1) is 11.7 Å². The Kier molecular flexibility index (Phi) is 5.54. The first-order valence-corrected chi connectivity index (χ1v) is 11.1. The molecule has 1 aromatic heterocycles. The van der Waals surface area contributed by atoms with Gasteiger partial charge in [0.1, 0.15) is 23.5 Å². The summed E-state index contributed by atoms with van der Waals surface area (Å²) in [6, 6.07) is 13.7. The number of amides is 1. The van der Waals surface area contributed by atoms with Crippen molar-refractivity contribution in [3.63, 3.8) is 0 Å². The number of hydrogen-bond acceptors (Lipinski definition) is 5. The molecule has 7 heteroatoms. The van der Waals surface area contributed by atoms with E-state index < -0.39 is 23.5 Å². The fourth-order valence-electron chi connectivity index (χ4n) is 4.95. The molecule has 1 saturated heterocycles. The van der Waals surface area contributed by atoms with Gasteiger partial charge in [-0.3, -0.25) is 14.5 Å². The van der Waals surface area contributed by atoms with Crippen LogP contribution in [0.3, 0.4) is 0 Å². The average molecular weight is 446 g/mol. The predicted octanol–water partition coefficient (Wildman–Crippen LogP) is 5.31. The van der Waals surface area contributed by atoms with E-state index in [0.29, 0.717) is 16.9 Å². The highest BCUT2D eigenvalue weighted by Gasteiger charge is 2.49. The summed E-state index contributed by atoms with van der Waals surface area (Å²) in [6.07, 6.45) is 6.33.